The molecule has 0 bridgehead atoms. The molecule has 1 heterocycles. The van der Waals surface area contributed by atoms with Gasteiger partial charge < -0.3 is 5.73 Å². The smallest absolute Gasteiger partial charge is 0.0967 e. The number of hydrogen-bond acceptors (Lipinski definition) is 3. The molecule has 2 atom stereocenters. The zero-order valence-corrected chi connectivity index (χ0v) is 13.5. The Kier molecular flexibility index (Phi) is 5.28. The molecule has 0 aliphatic rings. The van der Waals surface area contributed by atoms with E-state index in [1.165, 1.54) is 5.56 Å². The summed E-state index contributed by atoms with van der Waals surface area (Å²) in [5.74, 6) is 0. The molecule has 2 rings (SSSR count). The zero-order chi connectivity index (χ0) is 13.8. The predicted octanol–water partition coefficient (Wildman–Crippen LogP) is 4.68. The molecule has 2 aromatic rings. The van der Waals surface area contributed by atoms with Gasteiger partial charge in [-0.15, -0.1) is 0 Å². The van der Waals surface area contributed by atoms with Crippen LogP contribution in [0.1, 0.15) is 17.7 Å². The third kappa shape index (κ3) is 4.21. The minimum atomic E-state index is 0.0312. The van der Waals surface area contributed by atoms with Gasteiger partial charge in [-0.2, -0.15) is 0 Å². The van der Waals surface area contributed by atoms with Gasteiger partial charge in [-0.25, -0.2) is 4.98 Å². The van der Waals surface area contributed by atoms with Crippen molar-refractivity contribution in [1.29, 1.82) is 0 Å². The molecule has 19 heavy (non-hydrogen) atoms. The van der Waals surface area contributed by atoms with E-state index in [0.717, 1.165) is 9.50 Å². The first-order chi connectivity index (χ1) is 9.06. The van der Waals surface area contributed by atoms with Gasteiger partial charge in [0.2, 0.25) is 0 Å². The Morgan fingerprint density at radius 1 is 1.21 bits per heavy atom. The Morgan fingerprint density at radius 2 is 1.89 bits per heavy atom. The number of aromatic nitrogens is 1. The number of halogens is 2. The molecule has 5 heteroatoms. The lowest BCUT2D eigenvalue weighted by Crippen LogP contribution is -2.22. The van der Waals surface area contributed by atoms with Crippen LogP contribution in [0.4, 0.5) is 0 Å². The molecule has 0 aliphatic carbocycles. The number of thioether (sulfide) groups is 1. The molecule has 1 aromatic carbocycles. The van der Waals surface area contributed by atoms with Gasteiger partial charge in [0, 0.05) is 16.7 Å². The van der Waals surface area contributed by atoms with Crippen LogP contribution in [0.2, 0.25) is 5.02 Å². The molecule has 0 spiro atoms. The average Bonchev–Trinajstić information content (AvgIpc) is 2.39. The number of pyridine rings is 1. The molecule has 100 valence electrons. The second-order valence-electron chi connectivity index (χ2n) is 4.26. The average molecular weight is 358 g/mol. The predicted molar refractivity (Wildman–Crippen MR) is 85.6 cm³/mol. The van der Waals surface area contributed by atoms with E-state index >= 15 is 0 Å². The number of benzene rings is 1. The molecule has 0 saturated heterocycles. The van der Waals surface area contributed by atoms with Crippen LogP contribution < -0.4 is 5.73 Å². The van der Waals surface area contributed by atoms with E-state index in [1.807, 2.05) is 31.2 Å². The number of rotatable bonds is 4. The van der Waals surface area contributed by atoms with Crippen LogP contribution in [0.15, 0.2) is 52.1 Å². The number of nitrogens with zero attached hydrogens (tertiary/aromatic N) is 1. The van der Waals surface area contributed by atoms with E-state index in [4.69, 9.17) is 17.3 Å². The Labute approximate surface area is 130 Å². The van der Waals surface area contributed by atoms with Crippen molar-refractivity contribution in [2.75, 3.05) is 0 Å². The van der Waals surface area contributed by atoms with Crippen LogP contribution in [0.5, 0.6) is 0 Å². The van der Waals surface area contributed by atoms with Gasteiger partial charge >= 0.3 is 0 Å². The summed E-state index contributed by atoms with van der Waals surface area (Å²) in [5, 5.41) is 1.74. The molecule has 1 aromatic heterocycles. The molecule has 0 amide bonds. The van der Waals surface area contributed by atoms with E-state index in [1.54, 1.807) is 18.0 Å². The summed E-state index contributed by atoms with van der Waals surface area (Å²) < 4.78 is 1.06. The Balaban J connectivity index is 2.21. The van der Waals surface area contributed by atoms with E-state index in [2.05, 4.69) is 33.0 Å². The summed E-state index contributed by atoms with van der Waals surface area (Å²) in [4.78, 5) is 4.31. The minimum absolute atomic E-state index is 0.0312. The lowest BCUT2D eigenvalue weighted by atomic mass is 10.1. The molecule has 2 N–H and O–H groups in total. The van der Waals surface area contributed by atoms with Crippen molar-refractivity contribution in [2.45, 2.75) is 23.2 Å². The molecule has 0 aliphatic heterocycles. The van der Waals surface area contributed by atoms with Crippen molar-refractivity contribution in [3.8, 4) is 0 Å². The first kappa shape index (κ1) is 14.9. The fourth-order valence-electron chi connectivity index (χ4n) is 1.69. The maximum Gasteiger partial charge on any atom is 0.0967 e. The number of hydrogen-bond donors (Lipinski definition) is 1. The molecular formula is C14H14BrClN2S. The van der Waals surface area contributed by atoms with Gasteiger partial charge in [-0.3, -0.25) is 0 Å². The molecule has 0 radical (unpaired) electrons. The van der Waals surface area contributed by atoms with Crippen LogP contribution >= 0.6 is 39.3 Å². The second kappa shape index (κ2) is 6.75. The van der Waals surface area contributed by atoms with Gasteiger partial charge in [0.25, 0.3) is 0 Å². The van der Waals surface area contributed by atoms with Crippen molar-refractivity contribution in [3.05, 3.63) is 57.7 Å². The summed E-state index contributed by atoms with van der Waals surface area (Å²) in [5.41, 5.74) is 7.29. The maximum absolute atomic E-state index is 6.10. The fourth-order valence-corrected chi connectivity index (χ4v) is 3.10. The summed E-state index contributed by atoms with van der Waals surface area (Å²) >= 11 is 10.9. The van der Waals surface area contributed by atoms with Crippen LogP contribution in [0, 0.1) is 0 Å². The second-order valence-corrected chi connectivity index (χ2v) is 6.78. The number of nitrogens with two attached hydrogens (primary N) is 1. The zero-order valence-electron chi connectivity index (χ0n) is 10.4. The molecule has 2 unspecified atom stereocenters. The van der Waals surface area contributed by atoms with E-state index in [-0.39, 0.29) is 11.3 Å². The quantitative estimate of drug-likeness (QED) is 0.808. The third-order valence-electron chi connectivity index (χ3n) is 2.62. The largest absolute Gasteiger partial charge is 0.327 e. The van der Waals surface area contributed by atoms with E-state index in [9.17, 15) is 0 Å². The fraction of sp³-hybridized carbons (Fsp3) is 0.214. The van der Waals surface area contributed by atoms with Crippen LogP contribution in [0.3, 0.4) is 0 Å². The normalized spacial score (nSPS) is 14.1. The lowest BCUT2D eigenvalue weighted by Gasteiger charge is -2.20. The van der Waals surface area contributed by atoms with Crippen molar-refractivity contribution < 1.29 is 0 Å². The maximum atomic E-state index is 6.10. The SMILES string of the molecule is CC(N)C(Sc1ccc(Cl)cn1)c1ccc(Br)cc1. The third-order valence-corrected chi connectivity index (χ3v) is 4.81. The van der Waals surface area contributed by atoms with Crippen molar-refractivity contribution in [3.63, 3.8) is 0 Å². The highest BCUT2D eigenvalue weighted by atomic mass is 79.9. The lowest BCUT2D eigenvalue weighted by molar-refractivity contribution is 0.720. The van der Waals surface area contributed by atoms with Crippen LogP contribution in [-0.4, -0.2) is 11.0 Å². The Morgan fingerprint density at radius 3 is 2.42 bits per heavy atom. The summed E-state index contributed by atoms with van der Waals surface area (Å²) in [6.45, 7) is 2.01. The Bertz CT molecular complexity index is 528. The van der Waals surface area contributed by atoms with Crippen LogP contribution in [0.25, 0.3) is 0 Å². The molecule has 0 saturated carbocycles. The van der Waals surface area contributed by atoms with Gasteiger partial charge in [-0.05, 0) is 36.8 Å². The molecule has 2 nitrogen and oxygen atoms in total. The highest BCUT2D eigenvalue weighted by Gasteiger charge is 2.18. The molecule has 0 fully saturated rings. The summed E-state index contributed by atoms with van der Waals surface area (Å²) in [6, 6.07) is 12.0. The van der Waals surface area contributed by atoms with Crippen molar-refractivity contribution in [2.24, 2.45) is 5.73 Å². The summed E-state index contributed by atoms with van der Waals surface area (Å²) in [6.07, 6.45) is 1.66. The Hall–Kier alpha value is -0.550. The highest BCUT2D eigenvalue weighted by molar-refractivity contribution is 9.10. The first-order valence-electron chi connectivity index (χ1n) is 5.85. The van der Waals surface area contributed by atoms with E-state index < -0.39 is 0 Å². The van der Waals surface area contributed by atoms with Crippen molar-refractivity contribution >= 4 is 39.3 Å². The monoisotopic (exact) mass is 356 g/mol. The van der Waals surface area contributed by atoms with Crippen molar-refractivity contribution in [1.82, 2.24) is 4.98 Å². The van der Waals surface area contributed by atoms with Crippen LogP contribution in [-0.2, 0) is 0 Å². The highest BCUT2D eigenvalue weighted by Crippen LogP contribution is 2.36. The van der Waals surface area contributed by atoms with Gasteiger partial charge in [0.15, 0.2) is 0 Å². The van der Waals surface area contributed by atoms with E-state index in [0.29, 0.717) is 5.02 Å². The summed E-state index contributed by atoms with van der Waals surface area (Å²) in [7, 11) is 0. The van der Waals surface area contributed by atoms with Gasteiger partial charge in [-0.1, -0.05) is 51.4 Å². The topological polar surface area (TPSA) is 38.9 Å². The molecular weight excluding hydrogens is 344 g/mol. The van der Waals surface area contributed by atoms with Gasteiger partial charge in [0.1, 0.15) is 0 Å². The van der Waals surface area contributed by atoms with Gasteiger partial charge in [0.05, 0.1) is 15.3 Å². The standard InChI is InChI=1S/C14H14BrClN2S/c1-9(17)14(10-2-4-11(15)5-3-10)19-13-7-6-12(16)8-18-13/h2-9,14H,17H2,1H3. The first-order valence-corrected chi connectivity index (χ1v) is 7.90. The minimum Gasteiger partial charge on any atom is -0.327 e.